The molecule has 0 aromatic heterocycles. The van der Waals surface area contributed by atoms with Crippen LogP contribution in [0, 0.1) is 0 Å². The number of nitrogens with zero attached hydrogens (tertiary/aromatic N) is 1. The SMILES string of the molecule is C=Cc1ccc([Si]COC(C)C(CC)N([Si](C)(C)C)[Si](C)(C)C)cc1. The van der Waals surface area contributed by atoms with E-state index < -0.39 is 16.5 Å². The van der Waals surface area contributed by atoms with Crippen LogP contribution in [0.3, 0.4) is 0 Å². The topological polar surface area (TPSA) is 12.5 Å². The number of ether oxygens (including phenoxy) is 1. The van der Waals surface area contributed by atoms with E-state index in [1.807, 2.05) is 6.08 Å². The maximum absolute atomic E-state index is 6.32. The van der Waals surface area contributed by atoms with E-state index in [2.05, 4.69) is 88.2 Å². The fourth-order valence-electron chi connectivity index (χ4n) is 3.83. The molecule has 0 bridgehead atoms. The lowest BCUT2D eigenvalue weighted by atomic mass is 10.1. The van der Waals surface area contributed by atoms with Gasteiger partial charge in [-0.1, -0.05) is 88.3 Å². The second-order valence-electron chi connectivity index (χ2n) is 8.71. The highest BCUT2D eigenvalue weighted by atomic mass is 28.4. The van der Waals surface area contributed by atoms with E-state index in [0.717, 1.165) is 12.7 Å². The predicted octanol–water partition coefficient (Wildman–Crippen LogP) is 4.77. The van der Waals surface area contributed by atoms with Crippen molar-refractivity contribution in [3.05, 3.63) is 36.4 Å². The second-order valence-corrected chi connectivity index (χ2v) is 20.0. The molecule has 5 heteroatoms. The average Bonchev–Trinajstić information content (AvgIpc) is 2.50. The van der Waals surface area contributed by atoms with Gasteiger partial charge >= 0.3 is 0 Å². The van der Waals surface area contributed by atoms with Crippen molar-refractivity contribution in [3.8, 4) is 0 Å². The molecule has 1 aromatic carbocycles. The molecular formula is C20H37NOSi3. The summed E-state index contributed by atoms with van der Waals surface area (Å²) >= 11 is 0. The van der Waals surface area contributed by atoms with Crippen LogP contribution < -0.4 is 5.19 Å². The maximum Gasteiger partial charge on any atom is 0.114 e. The Morgan fingerprint density at radius 2 is 1.60 bits per heavy atom. The molecule has 2 radical (unpaired) electrons. The number of hydrogen-bond donors (Lipinski definition) is 0. The lowest BCUT2D eigenvalue weighted by Gasteiger charge is -2.50. The Morgan fingerprint density at radius 3 is 2.00 bits per heavy atom. The first-order chi connectivity index (χ1) is 11.5. The number of benzene rings is 1. The van der Waals surface area contributed by atoms with E-state index in [1.54, 1.807) is 0 Å². The summed E-state index contributed by atoms with van der Waals surface area (Å²) in [5.41, 5.74) is 1.18. The molecule has 0 aliphatic carbocycles. The molecule has 0 heterocycles. The molecule has 0 N–H and O–H groups in total. The van der Waals surface area contributed by atoms with Crippen molar-refractivity contribution < 1.29 is 4.74 Å². The fraction of sp³-hybridized carbons (Fsp3) is 0.600. The van der Waals surface area contributed by atoms with Gasteiger partial charge in [0.2, 0.25) is 0 Å². The van der Waals surface area contributed by atoms with Crippen molar-refractivity contribution in [2.45, 2.75) is 71.7 Å². The summed E-state index contributed by atoms with van der Waals surface area (Å²) in [5.74, 6) is 0. The van der Waals surface area contributed by atoms with Crippen LogP contribution in [-0.2, 0) is 4.74 Å². The monoisotopic (exact) mass is 391 g/mol. The Balaban J connectivity index is 2.71. The van der Waals surface area contributed by atoms with Crippen LogP contribution in [0.2, 0.25) is 39.3 Å². The van der Waals surface area contributed by atoms with Gasteiger partial charge in [-0.2, -0.15) is 0 Å². The van der Waals surface area contributed by atoms with Gasteiger partial charge in [0, 0.05) is 12.3 Å². The molecule has 0 aliphatic rings. The van der Waals surface area contributed by atoms with Crippen LogP contribution >= 0.6 is 0 Å². The summed E-state index contributed by atoms with van der Waals surface area (Å²) < 4.78 is 9.22. The van der Waals surface area contributed by atoms with E-state index >= 15 is 0 Å². The zero-order valence-corrected chi connectivity index (χ0v) is 20.5. The van der Waals surface area contributed by atoms with E-state index in [4.69, 9.17) is 4.74 Å². The van der Waals surface area contributed by atoms with E-state index in [1.165, 1.54) is 10.8 Å². The van der Waals surface area contributed by atoms with Crippen molar-refractivity contribution in [2.75, 3.05) is 6.23 Å². The molecule has 0 saturated heterocycles. The zero-order chi connectivity index (χ0) is 19.3. The Labute approximate surface area is 160 Å². The van der Waals surface area contributed by atoms with Crippen LogP contribution in [0.1, 0.15) is 25.8 Å². The molecule has 2 nitrogen and oxygen atoms in total. The van der Waals surface area contributed by atoms with Crippen molar-refractivity contribution in [3.63, 3.8) is 0 Å². The molecule has 140 valence electrons. The molecule has 0 fully saturated rings. The summed E-state index contributed by atoms with van der Waals surface area (Å²) in [6.45, 7) is 23.2. The molecule has 0 spiro atoms. The van der Waals surface area contributed by atoms with Gasteiger partial charge in [-0.25, -0.2) is 0 Å². The number of hydrogen-bond acceptors (Lipinski definition) is 2. The lowest BCUT2D eigenvalue weighted by molar-refractivity contribution is 0.0543. The molecule has 1 rings (SSSR count). The van der Waals surface area contributed by atoms with Gasteiger partial charge in [-0.15, -0.1) is 0 Å². The Morgan fingerprint density at radius 1 is 1.08 bits per heavy atom. The minimum atomic E-state index is -1.37. The van der Waals surface area contributed by atoms with Crippen LogP contribution in [0.4, 0.5) is 0 Å². The Kier molecular flexibility index (Phi) is 8.54. The molecule has 0 aliphatic heterocycles. The zero-order valence-electron chi connectivity index (χ0n) is 17.5. The average molecular weight is 392 g/mol. The van der Waals surface area contributed by atoms with Crippen LogP contribution in [0.25, 0.3) is 6.08 Å². The van der Waals surface area contributed by atoms with Gasteiger partial charge < -0.3 is 8.97 Å². The molecule has 25 heavy (non-hydrogen) atoms. The van der Waals surface area contributed by atoms with E-state index in [0.29, 0.717) is 15.6 Å². The summed E-state index contributed by atoms with van der Waals surface area (Å²) in [5, 5.41) is 1.36. The predicted molar refractivity (Wildman–Crippen MR) is 120 cm³/mol. The number of rotatable bonds is 10. The first-order valence-electron chi connectivity index (χ1n) is 9.38. The first kappa shape index (κ1) is 22.6. The largest absolute Gasteiger partial charge is 0.380 e. The third kappa shape index (κ3) is 6.98. The summed E-state index contributed by atoms with van der Waals surface area (Å²) in [4.78, 5) is 0. The van der Waals surface area contributed by atoms with Crippen molar-refractivity contribution in [1.29, 1.82) is 0 Å². The van der Waals surface area contributed by atoms with Gasteiger partial charge in [0.25, 0.3) is 0 Å². The molecule has 0 saturated carbocycles. The van der Waals surface area contributed by atoms with Gasteiger partial charge in [0.15, 0.2) is 0 Å². The third-order valence-electron chi connectivity index (χ3n) is 4.51. The van der Waals surface area contributed by atoms with Crippen molar-refractivity contribution >= 4 is 37.3 Å². The van der Waals surface area contributed by atoms with Gasteiger partial charge in [-0.05, 0) is 18.9 Å². The summed E-state index contributed by atoms with van der Waals surface area (Å²) in [6, 6.07) is 9.18. The van der Waals surface area contributed by atoms with Crippen LogP contribution in [0.15, 0.2) is 30.8 Å². The Hall–Kier alpha value is -0.469. The van der Waals surface area contributed by atoms with Gasteiger partial charge in [0.05, 0.1) is 6.10 Å². The van der Waals surface area contributed by atoms with E-state index in [-0.39, 0.29) is 6.10 Å². The molecule has 0 amide bonds. The minimum Gasteiger partial charge on any atom is -0.380 e. The standard InChI is InChI=1S/C20H37NOSi3/c1-10-18-12-14-19(15-13-18)23-16-22-17(3)20(11-2)21(24(4,5)6)25(7,8)9/h10,12-15,17,20H,1,11,16H2,2-9H3. The normalized spacial score (nSPS) is 15.2. The van der Waals surface area contributed by atoms with E-state index in [9.17, 15) is 0 Å². The first-order valence-corrected chi connectivity index (χ1v) is 17.5. The summed E-state index contributed by atoms with van der Waals surface area (Å²) in [6.07, 6.45) is 4.14. The molecule has 2 atom stereocenters. The third-order valence-corrected chi connectivity index (χ3v) is 13.1. The molecule has 1 aromatic rings. The molecular weight excluding hydrogens is 354 g/mol. The highest BCUT2D eigenvalue weighted by Crippen LogP contribution is 2.27. The minimum absolute atomic E-state index is 0.281. The van der Waals surface area contributed by atoms with Crippen molar-refractivity contribution in [1.82, 2.24) is 4.23 Å². The van der Waals surface area contributed by atoms with Crippen LogP contribution in [-0.4, -0.2) is 48.6 Å². The lowest BCUT2D eigenvalue weighted by Crippen LogP contribution is -2.65. The smallest absolute Gasteiger partial charge is 0.114 e. The fourth-order valence-corrected chi connectivity index (χ4v) is 15.6. The highest BCUT2D eigenvalue weighted by molar-refractivity contribution is 6.89. The van der Waals surface area contributed by atoms with Crippen LogP contribution in [0.5, 0.6) is 0 Å². The maximum atomic E-state index is 6.32. The highest BCUT2D eigenvalue weighted by Gasteiger charge is 2.40. The van der Waals surface area contributed by atoms with Gasteiger partial charge in [0.1, 0.15) is 26.0 Å². The van der Waals surface area contributed by atoms with Gasteiger partial charge in [-0.3, -0.25) is 0 Å². The Bertz CT molecular complexity index is 517. The van der Waals surface area contributed by atoms with Crippen molar-refractivity contribution in [2.24, 2.45) is 0 Å². The quantitative estimate of drug-likeness (QED) is 0.533. The summed E-state index contributed by atoms with van der Waals surface area (Å²) in [7, 11) is -2.05. The molecule has 2 unspecified atom stereocenters. The second kappa shape index (κ2) is 9.46.